The van der Waals surface area contributed by atoms with Crippen molar-refractivity contribution in [1.82, 2.24) is 10.3 Å². The molecular weight excluding hydrogens is 380 g/mol. The summed E-state index contributed by atoms with van der Waals surface area (Å²) in [5, 5.41) is 8.95. The molecule has 0 aliphatic rings. The number of carbonyl (C=O) groups is 1. The number of hydrogen-bond donors (Lipinski definition) is 3. The zero-order valence-electron chi connectivity index (χ0n) is 17.8. The molecule has 3 aromatic rings. The Morgan fingerprint density at radius 1 is 1.00 bits per heavy atom. The Labute approximate surface area is 175 Å². The molecule has 0 bridgehead atoms. The molecule has 3 N–H and O–H groups in total. The molecule has 7 heteroatoms. The molecule has 0 spiro atoms. The molecule has 156 valence electrons. The molecule has 1 heterocycles. The normalized spacial score (nSPS) is 12.4. The molecule has 0 saturated heterocycles. The molecule has 0 aliphatic heterocycles. The predicted octanol–water partition coefficient (Wildman–Crippen LogP) is 3.25. The number of amides is 1. The lowest BCUT2D eigenvalue weighted by Gasteiger charge is -2.33. The summed E-state index contributed by atoms with van der Waals surface area (Å²) in [6, 6.07) is 8.97. The maximum atomic E-state index is 12.8. The first-order chi connectivity index (χ1) is 14.1. The minimum atomic E-state index is -0.615. The van der Waals surface area contributed by atoms with Crippen molar-refractivity contribution in [3.63, 3.8) is 0 Å². The highest BCUT2D eigenvalue weighted by atomic mass is 16.2. The Morgan fingerprint density at radius 3 is 2.30 bits per heavy atom. The summed E-state index contributed by atoms with van der Waals surface area (Å²) in [6.45, 7) is 9.74. The van der Waals surface area contributed by atoms with Crippen molar-refractivity contribution in [2.75, 3.05) is 10.6 Å². The van der Waals surface area contributed by atoms with E-state index in [1.54, 1.807) is 30.6 Å². The number of aromatic nitrogens is 1. The van der Waals surface area contributed by atoms with Gasteiger partial charge in [-0.2, -0.15) is 0 Å². The van der Waals surface area contributed by atoms with Gasteiger partial charge in [0.2, 0.25) is 0 Å². The smallest absolute Gasteiger partial charge is 0.253 e. The molecule has 30 heavy (non-hydrogen) atoms. The van der Waals surface area contributed by atoms with Crippen molar-refractivity contribution in [2.24, 2.45) is 5.41 Å². The molecule has 0 radical (unpaired) electrons. The van der Waals surface area contributed by atoms with Crippen LogP contribution in [0.5, 0.6) is 0 Å². The van der Waals surface area contributed by atoms with Crippen LogP contribution in [0.1, 0.15) is 42.3 Å². The van der Waals surface area contributed by atoms with Crippen LogP contribution in [-0.4, -0.2) is 17.1 Å². The van der Waals surface area contributed by atoms with Crippen LogP contribution in [0.4, 0.5) is 17.1 Å². The van der Waals surface area contributed by atoms with E-state index in [1.165, 1.54) is 0 Å². The van der Waals surface area contributed by atoms with E-state index in [0.717, 1.165) is 11.1 Å². The number of nitrogens with one attached hydrogen (secondary N) is 3. The lowest BCUT2D eigenvalue weighted by Crippen LogP contribution is -2.51. The summed E-state index contributed by atoms with van der Waals surface area (Å²) in [6.07, 6.45) is 2.60. The van der Waals surface area contributed by atoms with Crippen LogP contribution >= 0.6 is 0 Å². The van der Waals surface area contributed by atoms with E-state index in [2.05, 4.69) is 20.9 Å². The van der Waals surface area contributed by atoms with E-state index in [0.29, 0.717) is 11.3 Å². The number of pyridine rings is 1. The van der Waals surface area contributed by atoms with Gasteiger partial charge in [-0.05, 0) is 49.2 Å². The van der Waals surface area contributed by atoms with Gasteiger partial charge in [0.25, 0.3) is 16.8 Å². The number of anilines is 3. The van der Waals surface area contributed by atoms with E-state index in [9.17, 15) is 14.4 Å². The zero-order chi connectivity index (χ0) is 22.1. The van der Waals surface area contributed by atoms with Crippen molar-refractivity contribution in [2.45, 2.75) is 40.8 Å². The Balaban J connectivity index is 1.83. The van der Waals surface area contributed by atoms with Gasteiger partial charge in [-0.15, -0.1) is 0 Å². The van der Waals surface area contributed by atoms with Crippen LogP contribution in [0.25, 0.3) is 0 Å². The average Bonchev–Trinajstić information content (AvgIpc) is 2.71. The summed E-state index contributed by atoms with van der Waals surface area (Å²) in [7, 11) is 0. The topological polar surface area (TPSA) is 100 Å². The second-order valence-corrected chi connectivity index (χ2v) is 8.49. The van der Waals surface area contributed by atoms with E-state index >= 15 is 0 Å². The Morgan fingerprint density at radius 2 is 1.70 bits per heavy atom. The van der Waals surface area contributed by atoms with Gasteiger partial charge in [0.1, 0.15) is 17.5 Å². The second kappa shape index (κ2) is 8.10. The molecule has 0 fully saturated rings. The van der Waals surface area contributed by atoms with E-state index in [-0.39, 0.29) is 17.3 Å². The fraction of sp³-hybridized carbons (Fsp3) is 0.304. The molecule has 1 aromatic heterocycles. The van der Waals surface area contributed by atoms with Gasteiger partial charge >= 0.3 is 0 Å². The van der Waals surface area contributed by atoms with Crippen molar-refractivity contribution in [3.05, 3.63) is 79.9 Å². The SMILES string of the molecule is Cc1ccc(C(=O)NC(Nc2c(Nc3cccnc3)c(=O)c2=O)C(C)(C)C)cc1C. The van der Waals surface area contributed by atoms with Gasteiger partial charge in [0.15, 0.2) is 0 Å². The van der Waals surface area contributed by atoms with Gasteiger partial charge in [0, 0.05) is 17.2 Å². The molecule has 1 amide bonds. The van der Waals surface area contributed by atoms with E-state index < -0.39 is 22.4 Å². The summed E-state index contributed by atoms with van der Waals surface area (Å²) in [4.78, 5) is 41.1. The van der Waals surface area contributed by atoms with Gasteiger partial charge in [-0.3, -0.25) is 19.4 Å². The number of nitrogens with zero attached hydrogens (tertiary/aromatic N) is 1. The first-order valence-electron chi connectivity index (χ1n) is 9.73. The van der Waals surface area contributed by atoms with Crippen LogP contribution in [0.15, 0.2) is 52.3 Å². The molecule has 1 atom stereocenters. The average molecular weight is 406 g/mol. The molecule has 7 nitrogen and oxygen atoms in total. The molecule has 3 rings (SSSR count). The lowest BCUT2D eigenvalue weighted by atomic mass is 9.91. The fourth-order valence-corrected chi connectivity index (χ4v) is 2.94. The third kappa shape index (κ3) is 4.40. The molecular formula is C23H26N4O3. The highest BCUT2D eigenvalue weighted by Gasteiger charge is 2.31. The Bertz CT molecular complexity index is 1140. The van der Waals surface area contributed by atoms with Crippen molar-refractivity contribution in [3.8, 4) is 0 Å². The fourth-order valence-electron chi connectivity index (χ4n) is 2.94. The van der Waals surface area contributed by atoms with Crippen LogP contribution in [-0.2, 0) is 0 Å². The number of carbonyl (C=O) groups excluding carboxylic acids is 1. The minimum absolute atomic E-state index is 0.157. The number of rotatable bonds is 6. The van der Waals surface area contributed by atoms with Crippen molar-refractivity contribution < 1.29 is 4.79 Å². The molecule has 0 saturated carbocycles. The number of benzene rings is 1. The highest BCUT2D eigenvalue weighted by molar-refractivity contribution is 5.95. The third-order valence-corrected chi connectivity index (χ3v) is 5.04. The number of aryl methyl sites for hydroxylation is 2. The van der Waals surface area contributed by atoms with Gasteiger partial charge in [0.05, 0.1) is 11.9 Å². The summed E-state index contributed by atoms with van der Waals surface area (Å²) < 4.78 is 0. The Hall–Kier alpha value is -3.48. The van der Waals surface area contributed by atoms with Crippen molar-refractivity contribution >= 4 is 23.0 Å². The van der Waals surface area contributed by atoms with E-state index in [4.69, 9.17) is 0 Å². The summed E-state index contributed by atoms with van der Waals surface area (Å²) >= 11 is 0. The van der Waals surface area contributed by atoms with Gasteiger partial charge < -0.3 is 16.0 Å². The predicted molar refractivity (Wildman–Crippen MR) is 119 cm³/mol. The number of hydrogen-bond acceptors (Lipinski definition) is 6. The highest BCUT2D eigenvalue weighted by Crippen LogP contribution is 2.26. The third-order valence-electron chi connectivity index (χ3n) is 5.04. The second-order valence-electron chi connectivity index (χ2n) is 8.49. The van der Waals surface area contributed by atoms with Crippen molar-refractivity contribution in [1.29, 1.82) is 0 Å². The minimum Gasteiger partial charge on any atom is -0.360 e. The molecule has 1 unspecified atom stereocenters. The molecule has 0 aliphatic carbocycles. The maximum Gasteiger partial charge on any atom is 0.253 e. The van der Waals surface area contributed by atoms with Crippen LogP contribution in [0, 0.1) is 19.3 Å². The first-order valence-corrected chi connectivity index (χ1v) is 9.73. The van der Waals surface area contributed by atoms with Crippen LogP contribution in [0.2, 0.25) is 0 Å². The van der Waals surface area contributed by atoms with E-state index in [1.807, 2.05) is 46.8 Å². The van der Waals surface area contributed by atoms with Crippen LogP contribution < -0.4 is 26.8 Å². The summed E-state index contributed by atoms with van der Waals surface area (Å²) in [5.74, 6) is -0.258. The van der Waals surface area contributed by atoms with Gasteiger partial charge in [-0.25, -0.2) is 0 Å². The lowest BCUT2D eigenvalue weighted by molar-refractivity contribution is 0.0913. The first kappa shape index (κ1) is 21.2. The zero-order valence-corrected chi connectivity index (χ0v) is 17.8. The monoisotopic (exact) mass is 406 g/mol. The van der Waals surface area contributed by atoms with Crippen LogP contribution in [0.3, 0.4) is 0 Å². The quantitative estimate of drug-likeness (QED) is 0.429. The van der Waals surface area contributed by atoms with Gasteiger partial charge in [-0.1, -0.05) is 26.8 Å². The largest absolute Gasteiger partial charge is 0.360 e. The summed E-state index contributed by atoms with van der Waals surface area (Å²) in [5.41, 5.74) is 1.94. The Kier molecular flexibility index (Phi) is 5.73. The maximum absolute atomic E-state index is 12.8. The molecule has 2 aromatic carbocycles. The standard InChI is InChI=1S/C23H26N4O3/c1-13-8-9-15(11-14(13)2)21(30)27-22(23(3,4)5)26-18-17(19(28)20(18)29)25-16-7-6-10-24-12-16/h6-12,22,25-26H,1-5H3,(H,27,30).